The van der Waals surface area contributed by atoms with Crippen LogP contribution in [0.3, 0.4) is 0 Å². The standard InChI is InChI=1S/C16H17N3O5S.C14H13ClO5S/c1-9-10(15(20)11-8-17-19(2)16(11)21)4-5-13(25(3,22)23)14(9)12-6-7-24-18-12;1-21(19,20)8-5-6-9(10(15)7-8)14(18)13-11(16)3-2-4-12(13)17/h4-5,8,17H,6-7H2,1-3H3;5-7,13H,2-4H2,1H3. The van der Waals surface area contributed by atoms with Gasteiger partial charge in [-0.3, -0.25) is 28.7 Å². The zero-order chi connectivity index (χ0) is 34.1. The fraction of sp³-hybridized carbons (Fsp3) is 0.333. The Morgan fingerprint density at radius 2 is 1.57 bits per heavy atom. The Morgan fingerprint density at radius 1 is 0.935 bits per heavy atom. The van der Waals surface area contributed by atoms with Gasteiger partial charge in [-0.25, -0.2) is 16.8 Å². The molecule has 0 bridgehead atoms. The number of hydrogen-bond acceptors (Lipinski definition) is 11. The average molecular weight is 692 g/mol. The maximum atomic E-state index is 12.8. The van der Waals surface area contributed by atoms with E-state index in [4.69, 9.17) is 16.4 Å². The molecule has 1 saturated carbocycles. The van der Waals surface area contributed by atoms with Crippen LogP contribution >= 0.6 is 11.6 Å². The van der Waals surface area contributed by atoms with Crippen LogP contribution in [0.5, 0.6) is 0 Å². The number of rotatable bonds is 7. The molecular weight excluding hydrogens is 662 g/mol. The Bertz CT molecular complexity index is 2080. The first kappa shape index (κ1) is 34.7. The number of nitrogens with zero attached hydrogens (tertiary/aromatic N) is 2. The van der Waals surface area contributed by atoms with Crippen LogP contribution < -0.4 is 5.56 Å². The van der Waals surface area contributed by atoms with Crippen LogP contribution in [0.4, 0.5) is 0 Å². The lowest BCUT2D eigenvalue weighted by molar-refractivity contribution is -0.133. The van der Waals surface area contributed by atoms with E-state index in [1.807, 2.05) is 0 Å². The smallest absolute Gasteiger partial charge is 0.277 e. The molecule has 244 valence electrons. The molecule has 0 atom stereocenters. The highest BCUT2D eigenvalue weighted by atomic mass is 35.5. The number of aromatic amines is 1. The Morgan fingerprint density at radius 3 is 2.07 bits per heavy atom. The molecule has 3 aromatic rings. The fourth-order valence-corrected chi connectivity index (χ4v) is 7.07. The first-order valence-electron chi connectivity index (χ1n) is 13.8. The zero-order valence-corrected chi connectivity index (χ0v) is 27.6. The SMILES string of the molecule is CS(=O)(=O)c1ccc(C(=O)C2C(=O)CCCC2=O)c(Cl)c1.Cc1c(C(=O)c2c[nH]n(C)c2=O)ccc(S(C)(=O)=O)c1C1=NOCC1. The summed E-state index contributed by atoms with van der Waals surface area (Å²) in [5, 5.41) is 6.49. The van der Waals surface area contributed by atoms with Gasteiger partial charge in [0, 0.05) is 61.7 Å². The quantitative estimate of drug-likeness (QED) is 0.284. The number of halogens is 1. The lowest BCUT2D eigenvalue weighted by Crippen LogP contribution is -2.35. The van der Waals surface area contributed by atoms with E-state index in [0.717, 1.165) is 18.6 Å². The van der Waals surface area contributed by atoms with Crippen LogP contribution in [0.25, 0.3) is 0 Å². The number of ketones is 4. The Hall–Kier alpha value is -4.21. The molecule has 1 fully saturated rings. The number of Topliss-reactive ketones (excluding diaryl/α,β-unsaturated/α-hetero) is 3. The molecule has 2 aliphatic rings. The van der Waals surface area contributed by atoms with Crippen molar-refractivity contribution >= 4 is 60.1 Å². The van der Waals surface area contributed by atoms with Crippen molar-refractivity contribution < 1.29 is 40.9 Å². The van der Waals surface area contributed by atoms with Gasteiger partial charge >= 0.3 is 0 Å². The first-order chi connectivity index (χ1) is 21.4. The van der Waals surface area contributed by atoms with Crippen molar-refractivity contribution in [1.29, 1.82) is 0 Å². The molecule has 0 radical (unpaired) electrons. The van der Waals surface area contributed by atoms with Gasteiger partial charge in [-0.1, -0.05) is 16.8 Å². The van der Waals surface area contributed by atoms with E-state index >= 15 is 0 Å². The van der Waals surface area contributed by atoms with Crippen molar-refractivity contribution in [3.8, 4) is 0 Å². The van der Waals surface area contributed by atoms with Gasteiger partial charge < -0.3 is 9.94 Å². The maximum absolute atomic E-state index is 12.8. The van der Waals surface area contributed by atoms with E-state index in [9.17, 15) is 40.8 Å². The predicted molar refractivity (Wildman–Crippen MR) is 167 cm³/mol. The van der Waals surface area contributed by atoms with E-state index < -0.39 is 54.3 Å². The Labute approximate surface area is 269 Å². The molecule has 2 aromatic carbocycles. The van der Waals surface area contributed by atoms with Crippen molar-refractivity contribution in [3.05, 3.63) is 79.7 Å². The van der Waals surface area contributed by atoms with Gasteiger partial charge in [0.1, 0.15) is 18.1 Å². The molecule has 0 unspecified atom stereocenters. The number of aromatic nitrogens is 2. The van der Waals surface area contributed by atoms with Gasteiger partial charge in [0.25, 0.3) is 5.56 Å². The molecule has 16 heteroatoms. The van der Waals surface area contributed by atoms with Crippen LogP contribution in [0.2, 0.25) is 5.02 Å². The monoisotopic (exact) mass is 691 g/mol. The summed E-state index contributed by atoms with van der Waals surface area (Å²) in [6, 6.07) is 6.45. The molecule has 46 heavy (non-hydrogen) atoms. The van der Waals surface area contributed by atoms with Crippen molar-refractivity contribution in [2.24, 2.45) is 18.1 Å². The molecule has 1 N–H and O–H groups in total. The number of H-pyrrole nitrogens is 1. The minimum Gasteiger partial charge on any atom is -0.395 e. The molecule has 1 aliphatic carbocycles. The second-order valence-corrected chi connectivity index (χ2v) is 15.3. The van der Waals surface area contributed by atoms with Crippen molar-refractivity contribution in [2.45, 2.75) is 42.4 Å². The lowest BCUT2D eigenvalue weighted by atomic mass is 9.82. The van der Waals surface area contributed by atoms with E-state index in [0.29, 0.717) is 36.3 Å². The highest BCUT2D eigenvalue weighted by Crippen LogP contribution is 2.29. The van der Waals surface area contributed by atoms with E-state index in [-0.39, 0.29) is 44.3 Å². The van der Waals surface area contributed by atoms with Gasteiger partial charge in [0.15, 0.2) is 42.8 Å². The summed E-state index contributed by atoms with van der Waals surface area (Å²) in [5.74, 6) is -3.24. The highest BCUT2D eigenvalue weighted by Gasteiger charge is 2.37. The number of hydrogen-bond donors (Lipinski definition) is 1. The number of nitrogens with one attached hydrogen (secondary N) is 1. The van der Waals surface area contributed by atoms with E-state index in [1.54, 1.807) is 6.92 Å². The van der Waals surface area contributed by atoms with Crippen LogP contribution in [-0.4, -0.2) is 74.6 Å². The number of oxime groups is 1. The summed E-state index contributed by atoms with van der Waals surface area (Å²) in [5.41, 5.74) is 1.12. The molecule has 0 saturated heterocycles. The first-order valence-corrected chi connectivity index (χ1v) is 18.0. The highest BCUT2D eigenvalue weighted by molar-refractivity contribution is 7.91. The van der Waals surface area contributed by atoms with Gasteiger partial charge in [-0.2, -0.15) is 0 Å². The molecule has 5 rings (SSSR count). The summed E-state index contributed by atoms with van der Waals surface area (Å²) in [6.45, 7) is 2.00. The van der Waals surface area contributed by atoms with Crippen molar-refractivity contribution in [2.75, 3.05) is 19.1 Å². The van der Waals surface area contributed by atoms with E-state index in [1.165, 1.54) is 42.2 Å². The second kappa shape index (κ2) is 13.3. The zero-order valence-electron chi connectivity index (χ0n) is 25.2. The predicted octanol–water partition coefficient (Wildman–Crippen LogP) is 2.65. The largest absolute Gasteiger partial charge is 0.395 e. The lowest BCUT2D eigenvalue weighted by Gasteiger charge is -2.18. The molecule has 1 aliphatic heterocycles. The molecule has 13 nitrogen and oxygen atoms in total. The number of benzene rings is 2. The van der Waals surface area contributed by atoms with Gasteiger partial charge in [-0.05, 0) is 49.2 Å². The molecule has 2 heterocycles. The van der Waals surface area contributed by atoms with Gasteiger partial charge in [0.05, 0.1) is 20.5 Å². The minimum atomic E-state index is -3.52. The molecule has 1 aromatic heterocycles. The summed E-state index contributed by atoms with van der Waals surface area (Å²) < 4.78 is 48.3. The summed E-state index contributed by atoms with van der Waals surface area (Å²) in [6.07, 6.45) is 4.77. The summed E-state index contributed by atoms with van der Waals surface area (Å²) in [7, 11) is -5.46. The third kappa shape index (κ3) is 7.11. The Balaban J connectivity index is 0.000000212. The third-order valence-corrected chi connectivity index (χ3v) is 10.1. The number of carbonyl (C=O) groups is 4. The number of carbonyl (C=O) groups excluding carboxylic acids is 4. The van der Waals surface area contributed by atoms with Gasteiger partial charge in [0.2, 0.25) is 0 Å². The average Bonchev–Trinajstić information content (AvgIpc) is 3.61. The second-order valence-electron chi connectivity index (χ2n) is 10.9. The van der Waals surface area contributed by atoms with Crippen LogP contribution in [0, 0.1) is 12.8 Å². The fourth-order valence-electron chi connectivity index (χ4n) is 5.13. The Kier molecular flexibility index (Phi) is 9.99. The number of sulfone groups is 2. The molecule has 0 amide bonds. The maximum Gasteiger partial charge on any atom is 0.277 e. The summed E-state index contributed by atoms with van der Waals surface area (Å²) in [4.78, 5) is 65.7. The van der Waals surface area contributed by atoms with Crippen LogP contribution in [-0.2, 0) is 41.1 Å². The minimum absolute atomic E-state index is 0.00216. The van der Waals surface area contributed by atoms with E-state index in [2.05, 4.69) is 10.3 Å². The van der Waals surface area contributed by atoms with Crippen LogP contribution in [0.1, 0.15) is 63.1 Å². The summed E-state index contributed by atoms with van der Waals surface area (Å²) >= 11 is 5.94. The van der Waals surface area contributed by atoms with Crippen LogP contribution in [0.15, 0.2) is 56.3 Å². The van der Waals surface area contributed by atoms with Gasteiger partial charge in [-0.15, -0.1) is 0 Å². The third-order valence-electron chi connectivity index (χ3n) is 7.53. The van der Waals surface area contributed by atoms with Crippen molar-refractivity contribution in [3.63, 3.8) is 0 Å². The van der Waals surface area contributed by atoms with Crippen molar-refractivity contribution in [1.82, 2.24) is 9.78 Å². The normalized spacial score (nSPS) is 15.5. The molecular formula is C30H30ClN3O10S2. The topological polar surface area (TPSA) is 196 Å². The number of aryl methyl sites for hydroxylation is 1. The molecule has 0 spiro atoms.